The highest BCUT2D eigenvalue weighted by Crippen LogP contribution is 2.31. The lowest BCUT2D eigenvalue weighted by molar-refractivity contribution is -0.142. The van der Waals surface area contributed by atoms with Gasteiger partial charge in [-0.05, 0) is 66.1 Å². The van der Waals surface area contributed by atoms with Crippen molar-refractivity contribution in [3.63, 3.8) is 0 Å². The van der Waals surface area contributed by atoms with E-state index in [0.717, 1.165) is 27.6 Å². The van der Waals surface area contributed by atoms with E-state index in [2.05, 4.69) is 5.32 Å². The molecule has 0 spiro atoms. The van der Waals surface area contributed by atoms with Gasteiger partial charge in [-0.3, -0.25) is 4.79 Å². The molecule has 0 saturated heterocycles. The molecule has 5 rings (SSSR count). The van der Waals surface area contributed by atoms with Gasteiger partial charge in [0.25, 0.3) is 5.91 Å². The first-order chi connectivity index (χ1) is 18.9. The average molecular weight is 544 g/mol. The molecule has 39 heavy (non-hydrogen) atoms. The van der Waals surface area contributed by atoms with Gasteiger partial charge >= 0.3 is 5.97 Å². The molecule has 2 heterocycles. The van der Waals surface area contributed by atoms with Crippen LogP contribution in [0.3, 0.4) is 0 Å². The van der Waals surface area contributed by atoms with Crippen LogP contribution in [0, 0.1) is 6.92 Å². The van der Waals surface area contributed by atoms with Crippen molar-refractivity contribution in [1.29, 1.82) is 0 Å². The number of carbonyl (C=O) groups excluding carboxylic acids is 2. The van der Waals surface area contributed by atoms with Gasteiger partial charge in [-0.2, -0.15) is 0 Å². The molecule has 5 aromatic rings. The zero-order valence-electron chi connectivity index (χ0n) is 21.4. The molecule has 0 aliphatic heterocycles. The maximum atomic E-state index is 13.2. The topological polar surface area (TPSA) is 90.9 Å². The van der Waals surface area contributed by atoms with Crippen LogP contribution >= 0.6 is 11.6 Å². The summed E-state index contributed by atoms with van der Waals surface area (Å²) in [5.74, 6) is -0.223. The van der Waals surface area contributed by atoms with Crippen molar-refractivity contribution >= 4 is 34.4 Å². The minimum absolute atomic E-state index is 0.148. The first-order valence-electron chi connectivity index (χ1n) is 12.3. The molecule has 0 aliphatic rings. The summed E-state index contributed by atoms with van der Waals surface area (Å²) in [6.45, 7) is 2.20. The maximum Gasteiger partial charge on any atom is 0.328 e. The fourth-order valence-corrected chi connectivity index (χ4v) is 4.44. The zero-order valence-corrected chi connectivity index (χ0v) is 22.2. The largest absolute Gasteiger partial charge is 0.489 e. The lowest BCUT2D eigenvalue weighted by Gasteiger charge is -2.16. The molecule has 8 heteroatoms. The predicted octanol–water partition coefficient (Wildman–Crippen LogP) is 6.75. The highest BCUT2D eigenvalue weighted by atomic mass is 35.5. The number of hydrogen-bond donors (Lipinski definition) is 1. The fraction of sp³-hybridized carbons (Fsp3) is 0.161. The Morgan fingerprint density at radius 2 is 1.69 bits per heavy atom. The van der Waals surface area contributed by atoms with Crippen LogP contribution in [-0.2, 0) is 22.6 Å². The minimum atomic E-state index is -0.905. The van der Waals surface area contributed by atoms with E-state index in [1.807, 2.05) is 79.7 Å². The second kappa shape index (κ2) is 11.5. The number of ether oxygens (including phenoxy) is 2. The summed E-state index contributed by atoms with van der Waals surface area (Å²) in [4.78, 5) is 25.8. The summed E-state index contributed by atoms with van der Waals surface area (Å²) in [6, 6.07) is 21.5. The van der Waals surface area contributed by atoms with E-state index < -0.39 is 17.9 Å². The summed E-state index contributed by atoms with van der Waals surface area (Å²) in [6.07, 6.45) is 3.45. The Morgan fingerprint density at radius 1 is 0.949 bits per heavy atom. The van der Waals surface area contributed by atoms with Crippen molar-refractivity contribution in [2.45, 2.75) is 26.0 Å². The predicted molar refractivity (Wildman–Crippen MR) is 148 cm³/mol. The van der Waals surface area contributed by atoms with Gasteiger partial charge in [0.05, 0.1) is 19.6 Å². The molecular formula is C31H26ClNO6. The van der Waals surface area contributed by atoms with Crippen LogP contribution in [0.25, 0.3) is 22.1 Å². The number of benzene rings is 3. The first kappa shape index (κ1) is 26.1. The molecule has 1 atom stereocenters. The quantitative estimate of drug-likeness (QED) is 0.207. The van der Waals surface area contributed by atoms with Crippen LogP contribution < -0.4 is 10.1 Å². The highest BCUT2D eigenvalue weighted by molar-refractivity contribution is 6.30. The summed E-state index contributed by atoms with van der Waals surface area (Å²) in [7, 11) is 1.29. The fourth-order valence-electron chi connectivity index (χ4n) is 4.32. The Balaban J connectivity index is 1.30. The second-order valence-electron chi connectivity index (χ2n) is 9.09. The van der Waals surface area contributed by atoms with Crippen LogP contribution in [0.15, 0.2) is 94.2 Å². The number of rotatable bonds is 9. The van der Waals surface area contributed by atoms with Gasteiger partial charge in [-0.15, -0.1) is 0 Å². The molecule has 2 aromatic heterocycles. The van der Waals surface area contributed by atoms with E-state index in [-0.39, 0.29) is 12.2 Å². The van der Waals surface area contributed by atoms with E-state index in [4.69, 9.17) is 29.9 Å². The molecule has 0 fully saturated rings. The number of fused-ring (bicyclic) bond motifs is 1. The summed E-state index contributed by atoms with van der Waals surface area (Å²) >= 11 is 6.02. The summed E-state index contributed by atoms with van der Waals surface area (Å²) in [5.41, 5.74) is 4.98. The van der Waals surface area contributed by atoms with Crippen molar-refractivity contribution in [2.24, 2.45) is 0 Å². The van der Waals surface area contributed by atoms with Gasteiger partial charge in [0.15, 0.2) is 5.76 Å². The van der Waals surface area contributed by atoms with Gasteiger partial charge in [0.1, 0.15) is 24.0 Å². The average Bonchev–Trinajstić information content (AvgIpc) is 3.60. The van der Waals surface area contributed by atoms with Crippen molar-refractivity contribution < 1.29 is 27.9 Å². The lowest BCUT2D eigenvalue weighted by atomic mass is 10.0. The number of carbonyl (C=O) groups is 2. The number of nitrogens with one attached hydrogen (secondary N) is 1. The number of aryl methyl sites for hydroxylation is 1. The first-order valence-corrected chi connectivity index (χ1v) is 12.7. The second-order valence-corrected chi connectivity index (χ2v) is 9.53. The maximum absolute atomic E-state index is 13.2. The molecule has 7 nitrogen and oxygen atoms in total. The Morgan fingerprint density at radius 3 is 2.38 bits per heavy atom. The molecular weight excluding hydrogens is 518 g/mol. The molecule has 1 N–H and O–H groups in total. The van der Waals surface area contributed by atoms with Crippen molar-refractivity contribution in [1.82, 2.24) is 5.32 Å². The Kier molecular flexibility index (Phi) is 7.70. The van der Waals surface area contributed by atoms with E-state index in [1.54, 1.807) is 12.5 Å². The molecule has 0 saturated carbocycles. The third-order valence-electron chi connectivity index (χ3n) is 6.46. The van der Waals surface area contributed by atoms with Crippen LogP contribution in [0.2, 0.25) is 5.02 Å². The van der Waals surface area contributed by atoms with Gasteiger partial charge in [-0.25, -0.2) is 4.79 Å². The van der Waals surface area contributed by atoms with E-state index in [1.165, 1.54) is 7.11 Å². The number of methoxy groups -OCH3 is 1. The highest BCUT2D eigenvalue weighted by Gasteiger charge is 2.26. The zero-order chi connectivity index (χ0) is 27.4. The van der Waals surface area contributed by atoms with Gasteiger partial charge in [-0.1, -0.05) is 41.9 Å². The van der Waals surface area contributed by atoms with E-state index in [9.17, 15) is 9.59 Å². The van der Waals surface area contributed by atoms with Gasteiger partial charge in [0.2, 0.25) is 0 Å². The van der Waals surface area contributed by atoms with E-state index >= 15 is 0 Å². The number of furan rings is 2. The minimum Gasteiger partial charge on any atom is -0.489 e. The molecule has 198 valence electrons. The van der Waals surface area contributed by atoms with Gasteiger partial charge < -0.3 is 23.6 Å². The molecule has 3 aromatic carbocycles. The van der Waals surface area contributed by atoms with Crippen molar-refractivity contribution in [3.05, 3.63) is 113 Å². The third-order valence-corrected chi connectivity index (χ3v) is 6.71. The van der Waals surface area contributed by atoms with Crippen LogP contribution in [-0.4, -0.2) is 25.0 Å². The molecule has 0 aliphatic carbocycles. The molecule has 0 unspecified atom stereocenters. The Hall–Kier alpha value is -4.49. The van der Waals surface area contributed by atoms with Crippen LogP contribution in [0.1, 0.15) is 27.2 Å². The standard InChI is InChI=1S/C31H26ClNO6/c1-19-26-16-23(22-5-8-24(32)9-6-22)7-12-28(26)39-29(19)30(34)33-27(31(35)36-2)15-20-3-10-25(11-4-20)38-18-21-13-14-37-17-21/h3-14,16-17,27H,15,18H2,1-2H3,(H,33,34)/t27-/m0/s1. The third kappa shape index (κ3) is 5.99. The van der Waals surface area contributed by atoms with Crippen LogP contribution in [0.4, 0.5) is 0 Å². The number of halogens is 1. The van der Waals surface area contributed by atoms with Crippen molar-refractivity contribution in [3.8, 4) is 16.9 Å². The SMILES string of the molecule is COC(=O)[C@H](Cc1ccc(OCc2ccoc2)cc1)NC(=O)c1oc2ccc(-c3ccc(Cl)cc3)cc2c1C. The normalized spacial score (nSPS) is 11.8. The molecule has 0 bridgehead atoms. The van der Waals surface area contributed by atoms with Crippen molar-refractivity contribution in [2.75, 3.05) is 7.11 Å². The summed E-state index contributed by atoms with van der Waals surface area (Å²) in [5, 5.41) is 4.26. The number of esters is 1. The number of amides is 1. The smallest absolute Gasteiger partial charge is 0.328 e. The van der Waals surface area contributed by atoms with Gasteiger partial charge in [0, 0.05) is 28.0 Å². The Labute approximate surface area is 230 Å². The number of hydrogen-bond acceptors (Lipinski definition) is 6. The monoisotopic (exact) mass is 543 g/mol. The lowest BCUT2D eigenvalue weighted by Crippen LogP contribution is -2.43. The molecule has 1 amide bonds. The Bertz CT molecular complexity index is 1590. The summed E-state index contributed by atoms with van der Waals surface area (Å²) < 4.78 is 21.7. The van der Waals surface area contributed by atoms with E-state index in [0.29, 0.717) is 28.5 Å². The van der Waals surface area contributed by atoms with Crippen LogP contribution in [0.5, 0.6) is 5.75 Å². The molecule has 0 radical (unpaired) electrons.